The van der Waals surface area contributed by atoms with Crippen molar-refractivity contribution in [2.24, 2.45) is 0 Å². The van der Waals surface area contributed by atoms with E-state index < -0.39 is 0 Å². The summed E-state index contributed by atoms with van der Waals surface area (Å²) >= 11 is 6.02. The Bertz CT molecular complexity index is 1220. The molecule has 6 heteroatoms. The second-order valence-corrected chi connectivity index (χ2v) is 7.34. The maximum Gasteiger partial charge on any atom is 0.261 e. The van der Waals surface area contributed by atoms with E-state index in [2.05, 4.69) is 0 Å². The summed E-state index contributed by atoms with van der Waals surface area (Å²) in [5.74, 6) is 0.465. The van der Waals surface area contributed by atoms with Gasteiger partial charge in [-0.05, 0) is 61.4 Å². The van der Waals surface area contributed by atoms with E-state index in [1.807, 2.05) is 30.3 Å². The lowest BCUT2D eigenvalue weighted by molar-refractivity contribution is 0.289. The second kappa shape index (κ2) is 9.09. The van der Waals surface area contributed by atoms with Gasteiger partial charge in [-0.15, -0.1) is 0 Å². The van der Waals surface area contributed by atoms with E-state index in [4.69, 9.17) is 21.3 Å². The van der Waals surface area contributed by atoms with E-state index in [9.17, 15) is 9.18 Å². The number of hydrogen-bond donors (Lipinski definition) is 0. The van der Waals surface area contributed by atoms with Crippen LogP contribution in [0.2, 0.25) is 5.02 Å². The summed E-state index contributed by atoms with van der Waals surface area (Å²) in [6, 6.07) is 20.9. The molecule has 3 aromatic carbocycles. The molecule has 4 rings (SSSR count). The standard InChI is InChI=1S/C24H20ClFN2O2/c25-18-13-11-17(12-14-18)23-27-21-9-3-1-7-19(21)24(29)28(23)15-5-6-16-30-22-10-4-2-8-20(22)26/h1-4,7-14H,5-6,15-16H2. The summed E-state index contributed by atoms with van der Waals surface area (Å²) < 4.78 is 20.8. The summed E-state index contributed by atoms with van der Waals surface area (Å²) in [5.41, 5.74) is 1.40. The van der Waals surface area contributed by atoms with Gasteiger partial charge in [0.1, 0.15) is 5.82 Å². The highest BCUT2D eigenvalue weighted by Crippen LogP contribution is 2.22. The van der Waals surface area contributed by atoms with Crippen molar-refractivity contribution in [3.63, 3.8) is 0 Å². The van der Waals surface area contributed by atoms with Gasteiger partial charge in [0.2, 0.25) is 0 Å². The molecule has 0 N–H and O–H groups in total. The molecule has 152 valence electrons. The molecule has 0 bridgehead atoms. The zero-order valence-corrected chi connectivity index (χ0v) is 17.0. The number of nitrogens with zero attached hydrogens (tertiary/aromatic N) is 2. The highest BCUT2D eigenvalue weighted by Gasteiger charge is 2.12. The molecule has 4 nitrogen and oxygen atoms in total. The highest BCUT2D eigenvalue weighted by molar-refractivity contribution is 6.30. The van der Waals surface area contributed by atoms with Gasteiger partial charge in [0.05, 0.1) is 17.5 Å². The summed E-state index contributed by atoms with van der Waals surface area (Å²) in [6.45, 7) is 0.849. The van der Waals surface area contributed by atoms with Gasteiger partial charge in [0.15, 0.2) is 11.6 Å². The number of rotatable bonds is 7. The predicted molar refractivity (Wildman–Crippen MR) is 118 cm³/mol. The Labute approximate surface area is 178 Å². The van der Waals surface area contributed by atoms with Crippen LogP contribution in [0.4, 0.5) is 4.39 Å². The predicted octanol–water partition coefficient (Wildman–Crippen LogP) is 5.72. The van der Waals surface area contributed by atoms with E-state index >= 15 is 0 Å². The van der Waals surface area contributed by atoms with Crippen molar-refractivity contribution in [3.05, 3.63) is 94.0 Å². The quantitative estimate of drug-likeness (QED) is 0.358. The van der Waals surface area contributed by atoms with Crippen LogP contribution in [0.15, 0.2) is 77.6 Å². The van der Waals surface area contributed by atoms with Crippen molar-refractivity contribution < 1.29 is 9.13 Å². The van der Waals surface area contributed by atoms with Crippen molar-refractivity contribution in [3.8, 4) is 17.1 Å². The first-order valence-corrected chi connectivity index (χ1v) is 10.1. The summed E-state index contributed by atoms with van der Waals surface area (Å²) in [5, 5.41) is 1.21. The zero-order valence-electron chi connectivity index (χ0n) is 16.2. The van der Waals surface area contributed by atoms with Crippen LogP contribution in [0.3, 0.4) is 0 Å². The molecule has 30 heavy (non-hydrogen) atoms. The number of halogens is 2. The maximum atomic E-state index is 13.6. The van der Waals surface area contributed by atoms with Crippen molar-refractivity contribution in [1.29, 1.82) is 0 Å². The number of aromatic nitrogens is 2. The fourth-order valence-corrected chi connectivity index (χ4v) is 3.44. The Morgan fingerprint density at radius 1 is 0.933 bits per heavy atom. The van der Waals surface area contributed by atoms with Gasteiger partial charge in [-0.3, -0.25) is 9.36 Å². The van der Waals surface area contributed by atoms with Crippen LogP contribution in [0, 0.1) is 5.82 Å². The first kappa shape index (κ1) is 20.1. The molecule has 1 aromatic heterocycles. The highest BCUT2D eigenvalue weighted by atomic mass is 35.5. The molecule has 0 aliphatic heterocycles. The Balaban J connectivity index is 1.55. The number of ether oxygens (including phenoxy) is 1. The molecule has 0 atom stereocenters. The van der Waals surface area contributed by atoms with E-state index in [0.717, 1.165) is 5.56 Å². The lowest BCUT2D eigenvalue weighted by atomic mass is 10.1. The van der Waals surface area contributed by atoms with Crippen molar-refractivity contribution in [2.75, 3.05) is 6.61 Å². The number of unbranched alkanes of at least 4 members (excludes halogenated alkanes) is 1. The first-order chi connectivity index (χ1) is 14.6. The molecule has 0 saturated heterocycles. The molecule has 0 unspecified atom stereocenters. The fraction of sp³-hybridized carbons (Fsp3) is 0.167. The maximum absolute atomic E-state index is 13.6. The molecule has 0 aliphatic carbocycles. The Morgan fingerprint density at radius 3 is 2.47 bits per heavy atom. The number of para-hydroxylation sites is 2. The number of benzene rings is 3. The smallest absolute Gasteiger partial charge is 0.261 e. The van der Waals surface area contributed by atoms with Crippen LogP contribution < -0.4 is 10.3 Å². The molecular weight excluding hydrogens is 403 g/mol. The van der Waals surface area contributed by atoms with Gasteiger partial charge in [0.25, 0.3) is 5.56 Å². The SMILES string of the molecule is O=c1c2ccccc2nc(-c2ccc(Cl)cc2)n1CCCCOc1ccccc1F. The summed E-state index contributed by atoms with van der Waals surface area (Å²) in [6.07, 6.45) is 1.36. The molecule has 0 amide bonds. The van der Waals surface area contributed by atoms with Gasteiger partial charge < -0.3 is 4.74 Å². The number of hydrogen-bond acceptors (Lipinski definition) is 3. The van der Waals surface area contributed by atoms with E-state index in [1.165, 1.54) is 6.07 Å². The Morgan fingerprint density at radius 2 is 1.67 bits per heavy atom. The molecule has 0 aliphatic rings. The van der Waals surface area contributed by atoms with Crippen molar-refractivity contribution in [1.82, 2.24) is 9.55 Å². The van der Waals surface area contributed by atoms with Crippen LogP contribution in [0.25, 0.3) is 22.3 Å². The topological polar surface area (TPSA) is 44.1 Å². The van der Waals surface area contributed by atoms with Crippen LogP contribution in [-0.4, -0.2) is 16.2 Å². The lowest BCUT2D eigenvalue weighted by Gasteiger charge is -2.14. The largest absolute Gasteiger partial charge is 0.491 e. The molecule has 0 fully saturated rings. The second-order valence-electron chi connectivity index (χ2n) is 6.90. The minimum Gasteiger partial charge on any atom is -0.491 e. The minimum atomic E-state index is -0.377. The average Bonchev–Trinajstić information content (AvgIpc) is 2.76. The summed E-state index contributed by atoms with van der Waals surface area (Å²) in [7, 11) is 0. The van der Waals surface area contributed by atoms with Crippen LogP contribution >= 0.6 is 11.6 Å². The molecule has 0 saturated carbocycles. The zero-order chi connectivity index (χ0) is 20.9. The van der Waals surface area contributed by atoms with Gasteiger partial charge in [-0.2, -0.15) is 0 Å². The molecule has 0 radical (unpaired) electrons. The Kier molecular flexibility index (Phi) is 6.10. The summed E-state index contributed by atoms with van der Waals surface area (Å²) in [4.78, 5) is 17.9. The lowest BCUT2D eigenvalue weighted by Crippen LogP contribution is -2.24. The molecule has 1 heterocycles. The third-order valence-corrected chi connectivity index (χ3v) is 5.09. The fourth-order valence-electron chi connectivity index (χ4n) is 3.31. The van der Waals surface area contributed by atoms with E-state index in [0.29, 0.717) is 47.7 Å². The first-order valence-electron chi connectivity index (χ1n) is 9.76. The van der Waals surface area contributed by atoms with Gasteiger partial charge in [0, 0.05) is 17.1 Å². The third-order valence-electron chi connectivity index (χ3n) is 4.83. The van der Waals surface area contributed by atoms with E-state index in [-0.39, 0.29) is 17.1 Å². The van der Waals surface area contributed by atoms with E-state index in [1.54, 1.807) is 41.0 Å². The molecule has 0 spiro atoms. The van der Waals surface area contributed by atoms with Gasteiger partial charge >= 0.3 is 0 Å². The van der Waals surface area contributed by atoms with Crippen LogP contribution in [-0.2, 0) is 6.54 Å². The average molecular weight is 423 g/mol. The number of fused-ring (bicyclic) bond motifs is 1. The molecular formula is C24H20ClFN2O2. The Hall–Kier alpha value is -3.18. The third kappa shape index (κ3) is 4.36. The van der Waals surface area contributed by atoms with Crippen molar-refractivity contribution in [2.45, 2.75) is 19.4 Å². The molecule has 4 aromatic rings. The van der Waals surface area contributed by atoms with Crippen LogP contribution in [0.1, 0.15) is 12.8 Å². The monoisotopic (exact) mass is 422 g/mol. The van der Waals surface area contributed by atoms with Gasteiger partial charge in [-0.25, -0.2) is 9.37 Å². The van der Waals surface area contributed by atoms with Crippen LogP contribution in [0.5, 0.6) is 5.75 Å². The minimum absolute atomic E-state index is 0.0828. The normalized spacial score (nSPS) is 11.0. The van der Waals surface area contributed by atoms with Crippen molar-refractivity contribution >= 4 is 22.5 Å². The van der Waals surface area contributed by atoms with Gasteiger partial charge in [-0.1, -0.05) is 35.9 Å².